The Morgan fingerprint density at radius 3 is 2.11 bits per heavy atom. The summed E-state index contributed by atoms with van der Waals surface area (Å²) < 4.78 is 5.04. The largest absolute Gasteiger partial charge is 0.482 e. The maximum Gasteiger partial charge on any atom is 0.341 e. The van der Waals surface area contributed by atoms with Crippen molar-refractivity contribution < 1.29 is 24.2 Å². The van der Waals surface area contributed by atoms with Crippen LogP contribution in [0.4, 0.5) is 11.4 Å². The van der Waals surface area contributed by atoms with Crippen LogP contribution < -0.4 is 15.4 Å². The van der Waals surface area contributed by atoms with Crippen LogP contribution in [0, 0.1) is 11.8 Å². The molecular weight excluding hydrogens is 348 g/mol. The Hall–Kier alpha value is -3.35. The highest BCUT2D eigenvalue weighted by Crippen LogP contribution is 2.38. The lowest BCUT2D eigenvalue weighted by Gasteiger charge is -2.08. The summed E-state index contributed by atoms with van der Waals surface area (Å²) in [5.74, 6) is -0.390. The average Bonchev–Trinajstić information content (AvgIpc) is 3.38. The predicted molar refractivity (Wildman–Crippen MR) is 99.9 cm³/mol. The van der Waals surface area contributed by atoms with E-state index in [1.165, 1.54) is 0 Å². The van der Waals surface area contributed by atoms with Gasteiger partial charge in [-0.25, -0.2) is 4.79 Å². The van der Waals surface area contributed by atoms with Gasteiger partial charge in [0.1, 0.15) is 5.75 Å². The highest BCUT2D eigenvalue weighted by atomic mass is 16.5. The Morgan fingerprint density at radius 1 is 1.00 bits per heavy atom. The van der Waals surface area contributed by atoms with Gasteiger partial charge in [-0.3, -0.25) is 9.59 Å². The fraction of sp³-hybridized carbons (Fsp3) is 0.250. The molecule has 2 amide bonds. The molecule has 2 unspecified atom stereocenters. The van der Waals surface area contributed by atoms with Crippen molar-refractivity contribution in [2.75, 3.05) is 17.2 Å². The van der Waals surface area contributed by atoms with Crippen LogP contribution >= 0.6 is 0 Å². The number of hydrogen-bond donors (Lipinski definition) is 3. The monoisotopic (exact) mass is 368 g/mol. The van der Waals surface area contributed by atoms with E-state index in [4.69, 9.17) is 9.84 Å². The molecule has 0 heterocycles. The van der Waals surface area contributed by atoms with Crippen molar-refractivity contribution in [3.63, 3.8) is 0 Å². The second-order valence-corrected chi connectivity index (χ2v) is 6.55. The summed E-state index contributed by atoms with van der Waals surface area (Å²) in [5, 5.41) is 14.2. The van der Waals surface area contributed by atoms with E-state index in [0.29, 0.717) is 28.6 Å². The van der Waals surface area contributed by atoms with Gasteiger partial charge >= 0.3 is 5.97 Å². The third kappa shape index (κ3) is 5.07. The van der Waals surface area contributed by atoms with Crippen molar-refractivity contribution in [2.24, 2.45) is 11.8 Å². The minimum absolute atomic E-state index is 0.0184. The molecule has 2 aromatic rings. The fourth-order valence-corrected chi connectivity index (χ4v) is 2.61. The molecular formula is C20H20N2O5. The van der Waals surface area contributed by atoms with Crippen LogP contribution in [0.5, 0.6) is 5.75 Å². The van der Waals surface area contributed by atoms with Gasteiger partial charge in [0.15, 0.2) is 6.61 Å². The molecule has 3 rings (SSSR count). The van der Waals surface area contributed by atoms with E-state index in [1.807, 2.05) is 6.92 Å². The zero-order valence-corrected chi connectivity index (χ0v) is 14.8. The van der Waals surface area contributed by atoms with Crippen molar-refractivity contribution in [3.8, 4) is 5.75 Å². The number of nitrogens with one attached hydrogen (secondary N) is 2. The molecule has 3 N–H and O–H groups in total. The van der Waals surface area contributed by atoms with E-state index in [2.05, 4.69) is 10.6 Å². The molecule has 0 saturated heterocycles. The molecule has 0 aliphatic heterocycles. The van der Waals surface area contributed by atoms with E-state index in [-0.39, 0.29) is 17.7 Å². The van der Waals surface area contributed by atoms with Gasteiger partial charge in [0, 0.05) is 22.9 Å². The molecule has 0 radical (unpaired) electrons. The van der Waals surface area contributed by atoms with Gasteiger partial charge in [-0.15, -0.1) is 0 Å². The standard InChI is InChI=1S/C20H20N2O5/c1-12-10-17(12)20(26)22-14-4-2-13(3-5-14)19(25)21-15-6-8-16(9-7-15)27-11-18(23)24/h2-9,12,17H,10-11H2,1H3,(H,21,25)(H,22,26)(H,23,24). The van der Waals surface area contributed by atoms with Crippen LogP contribution in [0.3, 0.4) is 0 Å². The number of benzene rings is 2. The van der Waals surface area contributed by atoms with Crippen LogP contribution in [0.2, 0.25) is 0 Å². The van der Waals surface area contributed by atoms with Gasteiger partial charge in [0.2, 0.25) is 5.91 Å². The molecule has 0 spiro atoms. The van der Waals surface area contributed by atoms with Gasteiger partial charge in [-0.05, 0) is 60.9 Å². The predicted octanol–water partition coefficient (Wildman–Crippen LogP) is 3.00. The molecule has 0 bridgehead atoms. The number of amides is 2. The summed E-state index contributed by atoms with van der Waals surface area (Å²) in [7, 11) is 0. The Morgan fingerprint density at radius 2 is 1.56 bits per heavy atom. The van der Waals surface area contributed by atoms with Gasteiger partial charge in [-0.1, -0.05) is 6.92 Å². The quantitative estimate of drug-likeness (QED) is 0.697. The SMILES string of the molecule is CC1CC1C(=O)Nc1ccc(C(=O)Nc2ccc(OCC(=O)O)cc2)cc1. The normalized spacial score (nSPS) is 17.7. The first-order chi connectivity index (χ1) is 12.9. The maximum absolute atomic E-state index is 12.3. The Labute approximate surface area is 156 Å². The second kappa shape index (κ2) is 7.90. The third-order valence-electron chi connectivity index (χ3n) is 4.34. The topological polar surface area (TPSA) is 105 Å². The Balaban J connectivity index is 1.54. The molecule has 140 valence electrons. The summed E-state index contributed by atoms with van der Waals surface area (Å²) in [6, 6.07) is 13.1. The first-order valence-corrected chi connectivity index (χ1v) is 8.59. The molecule has 1 aliphatic carbocycles. The summed E-state index contributed by atoms with van der Waals surface area (Å²) in [5.41, 5.74) is 1.68. The lowest BCUT2D eigenvalue weighted by Crippen LogP contribution is -2.15. The van der Waals surface area contributed by atoms with Crippen molar-refractivity contribution in [3.05, 3.63) is 54.1 Å². The maximum atomic E-state index is 12.3. The number of carboxylic acid groups (broad SMARTS) is 1. The molecule has 27 heavy (non-hydrogen) atoms. The first kappa shape index (κ1) is 18.4. The molecule has 2 aromatic carbocycles. The highest BCUT2D eigenvalue weighted by Gasteiger charge is 2.39. The summed E-state index contributed by atoms with van der Waals surface area (Å²) in [6.07, 6.45) is 0.923. The molecule has 1 fully saturated rings. The van der Waals surface area contributed by atoms with Crippen LogP contribution in [-0.4, -0.2) is 29.5 Å². The van der Waals surface area contributed by atoms with Crippen LogP contribution in [-0.2, 0) is 9.59 Å². The highest BCUT2D eigenvalue weighted by molar-refractivity contribution is 6.04. The van der Waals surface area contributed by atoms with Crippen LogP contribution in [0.15, 0.2) is 48.5 Å². The lowest BCUT2D eigenvalue weighted by atomic mass is 10.2. The second-order valence-electron chi connectivity index (χ2n) is 6.55. The van der Waals surface area contributed by atoms with Crippen molar-refractivity contribution in [1.82, 2.24) is 0 Å². The van der Waals surface area contributed by atoms with E-state index in [1.54, 1.807) is 48.5 Å². The number of rotatable bonds is 7. The van der Waals surface area contributed by atoms with E-state index >= 15 is 0 Å². The van der Waals surface area contributed by atoms with Gasteiger partial charge < -0.3 is 20.5 Å². The number of ether oxygens (including phenoxy) is 1. The fourth-order valence-electron chi connectivity index (χ4n) is 2.61. The van der Waals surface area contributed by atoms with Crippen molar-refractivity contribution in [1.29, 1.82) is 0 Å². The lowest BCUT2D eigenvalue weighted by molar-refractivity contribution is -0.139. The average molecular weight is 368 g/mol. The Kier molecular flexibility index (Phi) is 5.40. The summed E-state index contributed by atoms with van der Waals surface area (Å²) in [4.78, 5) is 34.7. The minimum atomic E-state index is -1.06. The minimum Gasteiger partial charge on any atom is -0.482 e. The molecule has 0 aromatic heterocycles. The summed E-state index contributed by atoms with van der Waals surface area (Å²) in [6.45, 7) is 1.62. The number of carboxylic acids is 1. The molecule has 7 heteroatoms. The van der Waals surface area contributed by atoms with Crippen LogP contribution in [0.25, 0.3) is 0 Å². The first-order valence-electron chi connectivity index (χ1n) is 8.59. The molecule has 2 atom stereocenters. The van der Waals surface area contributed by atoms with E-state index < -0.39 is 12.6 Å². The number of anilines is 2. The third-order valence-corrected chi connectivity index (χ3v) is 4.34. The van der Waals surface area contributed by atoms with Crippen molar-refractivity contribution >= 4 is 29.2 Å². The molecule has 1 saturated carbocycles. The van der Waals surface area contributed by atoms with E-state index in [0.717, 1.165) is 6.42 Å². The number of aliphatic carboxylic acids is 1. The van der Waals surface area contributed by atoms with Crippen LogP contribution in [0.1, 0.15) is 23.7 Å². The number of carbonyl (C=O) groups is 3. The van der Waals surface area contributed by atoms with Crippen molar-refractivity contribution in [2.45, 2.75) is 13.3 Å². The summed E-state index contributed by atoms with van der Waals surface area (Å²) >= 11 is 0. The van der Waals surface area contributed by atoms with Gasteiger partial charge in [0.25, 0.3) is 5.91 Å². The zero-order valence-electron chi connectivity index (χ0n) is 14.8. The smallest absolute Gasteiger partial charge is 0.341 e. The van der Waals surface area contributed by atoms with Gasteiger partial charge in [-0.2, -0.15) is 0 Å². The molecule has 7 nitrogen and oxygen atoms in total. The Bertz CT molecular complexity index is 846. The zero-order chi connectivity index (χ0) is 19.4. The van der Waals surface area contributed by atoms with Gasteiger partial charge in [0.05, 0.1) is 0 Å². The van der Waals surface area contributed by atoms with E-state index in [9.17, 15) is 14.4 Å². The number of carbonyl (C=O) groups excluding carboxylic acids is 2. The molecule has 1 aliphatic rings. The number of hydrogen-bond acceptors (Lipinski definition) is 4.